The van der Waals surface area contributed by atoms with E-state index in [-0.39, 0.29) is 11.1 Å². The number of nitrogens with two attached hydrogens (primary N) is 1. The molecule has 0 bridgehead atoms. The van der Waals surface area contributed by atoms with Crippen molar-refractivity contribution in [3.8, 4) is 0 Å². The Labute approximate surface area is 115 Å². The summed E-state index contributed by atoms with van der Waals surface area (Å²) in [6.45, 7) is 2.07. The Morgan fingerprint density at radius 3 is 2.78 bits per heavy atom. The summed E-state index contributed by atoms with van der Waals surface area (Å²) >= 11 is 7.48. The molecule has 0 amide bonds. The average Bonchev–Trinajstić information content (AvgIpc) is 2.85. The molecule has 0 aliphatic heterocycles. The number of thiophene rings is 1. The van der Waals surface area contributed by atoms with Gasteiger partial charge in [0.05, 0.1) is 22.4 Å². The van der Waals surface area contributed by atoms with E-state index in [1.165, 1.54) is 10.9 Å². The van der Waals surface area contributed by atoms with Crippen molar-refractivity contribution in [2.24, 2.45) is 0 Å². The van der Waals surface area contributed by atoms with Crippen LogP contribution in [0, 0.1) is 5.82 Å². The lowest BCUT2D eigenvalue weighted by atomic mass is 10.2. The molecule has 0 fully saturated rings. The minimum absolute atomic E-state index is 0.0874. The van der Waals surface area contributed by atoms with Gasteiger partial charge in [-0.1, -0.05) is 17.7 Å². The van der Waals surface area contributed by atoms with Crippen LogP contribution < -0.4 is 10.6 Å². The molecule has 2 N–H and O–H groups in total. The third-order valence-electron chi connectivity index (χ3n) is 2.99. The van der Waals surface area contributed by atoms with Gasteiger partial charge in [-0.25, -0.2) is 4.39 Å². The van der Waals surface area contributed by atoms with Gasteiger partial charge in [0.2, 0.25) is 0 Å². The molecule has 18 heavy (non-hydrogen) atoms. The minimum Gasteiger partial charge on any atom is -0.397 e. The van der Waals surface area contributed by atoms with Crippen molar-refractivity contribution >= 4 is 34.3 Å². The van der Waals surface area contributed by atoms with E-state index in [1.807, 2.05) is 23.4 Å². The van der Waals surface area contributed by atoms with Crippen molar-refractivity contribution in [3.05, 3.63) is 45.4 Å². The molecule has 1 aromatic carbocycles. The Morgan fingerprint density at radius 2 is 2.17 bits per heavy atom. The van der Waals surface area contributed by atoms with Crippen molar-refractivity contribution < 1.29 is 4.39 Å². The fraction of sp³-hybridized carbons (Fsp3) is 0.231. The van der Waals surface area contributed by atoms with Gasteiger partial charge >= 0.3 is 0 Å². The van der Waals surface area contributed by atoms with E-state index in [2.05, 4.69) is 13.0 Å². The second kappa shape index (κ2) is 5.16. The lowest BCUT2D eigenvalue weighted by molar-refractivity contribution is 0.628. The molecule has 1 unspecified atom stereocenters. The predicted octanol–water partition coefficient (Wildman–Crippen LogP) is 4.32. The lowest BCUT2D eigenvalue weighted by Gasteiger charge is -2.27. The van der Waals surface area contributed by atoms with Crippen LogP contribution in [0.2, 0.25) is 5.02 Å². The summed E-state index contributed by atoms with van der Waals surface area (Å²) in [6, 6.07) is 7.05. The first-order chi connectivity index (χ1) is 8.50. The van der Waals surface area contributed by atoms with Gasteiger partial charge in [0.25, 0.3) is 0 Å². The number of hydrogen-bond acceptors (Lipinski definition) is 3. The quantitative estimate of drug-likeness (QED) is 0.851. The van der Waals surface area contributed by atoms with Crippen molar-refractivity contribution in [1.29, 1.82) is 0 Å². The molecule has 1 aromatic heterocycles. The number of nitrogen functional groups attached to an aromatic ring is 1. The summed E-state index contributed by atoms with van der Waals surface area (Å²) in [6.07, 6.45) is 0. The van der Waals surface area contributed by atoms with Crippen molar-refractivity contribution in [1.82, 2.24) is 0 Å². The second-order valence-corrected chi connectivity index (χ2v) is 5.51. The minimum atomic E-state index is -0.491. The zero-order valence-electron chi connectivity index (χ0n) is 10.2. The highest BCUT2D eigenvalue weighted by atomic mass is 35.5. The van der Waals surface area contributed by atoms with Crippen molar-refractivity contribution in [2.75, 3.05) is 17.7 Å². The van der Waals surface area contributed by atoms with Gasteiger partial charge in [-0.2, -0.15) is 0 Å². The molecule has 0 spiro atoms. The normalized spacial score (nSPS) is 12.4. The summed E-state index contributed by atoms with van der Waals surface area (Å²) in [5, 5.41) is 2.12. The molecule has 0 aliphatic rings. The fourth-order valence-corrected chi connectivity index (χ4v) is 2.77. The van der Waals surface area contributed by atoms with Crippen LogP contribution in [0.4, 0.5) is 15.8 Å². The molecule has 5 heteroatoms. The van der Waals surface area contributed by atoms with Crippen LogP contribution in [0.5, 0.6) is 0 Å². The summed E-state index contributed by atoms with van der Waals surface area (Å²) in [5.74, 6) is -0.491. The first kappa shape index (κ1) is 13.2. The van der Waals surface area contributed by atoms with Gasteiger partial charge in [0.15, 0.2) is 0 Å². The van der Waals surface area contributed by atoms with E-state index in [0.29, 0.717) is 5.69 Å². The highest BCUT2D eigenvalue weighted by Gasteiger charge is 2.17. The van der Waals surface area contributed by atoms with E-state index >= 15 is 0 Å². The lowest BCUT2D eigenvalue weighted by Crippen LogP contribution is -2.22. The second-order valence-electron chi connectivity index (χ2n) is 4.13. The molecule has 0 aliphatic carbocycles. The SMILES string of the molecule is CC(c1cccs1)N(C)c1cc(Cl)c(F)cc1N. The van der Waals surface area contributed by atoms with E-state index in [4.69, 9.17) is 17.3 Å². The van der Waals surface area contributed by atoms with Crippen LogP contribution in [0.3, 0.4) is 0 Å². The number of rotatable bonds is 3. The third kappa shape index (κ3) is 2.44. The van der Waals surface area contributed by atoms with Gasteiger partial charge in [0, 0.05) is 18.0 Å². The molecule has 1 heterocycles. The number of hydrogen-bond donors (Lipinski definition) is 1. The Balaban J connectivity index is 2.34. The Hall–Kier alpha value is -1.26. The monoisotopic (exact) mass is 284 g/mol. The molecular formula is C13H14ClFN2S. The fourth-order valence-electron chi connectivity index (χ4n) is 1.79. The van der Waals surface area contributed by atoms with E-state index in [9.17, 15) is 4.39 Å². The highest BCUT2D eigenvalue weighted by Crippen LogP contribution is 2.34. The van der Waals surface area contributed by atoms with Crippen LogP contribution >= 0.6 is 22.9 Å². The van der Waals surface area contributed by atoms with Gasteiger partial charge in [-0.05, 0) is 24.4 Å². The Morgan fingerprint density at radius 1 is 1.44 bits per heavy atom. The largest absolute Gasteiger partial charge is 0.397 e. The van der Waals surface area contributed by atoms with E-state index in [0.717, 1.165) is 5.69 Å². The molecule has 2 rings (SSSR count). The Bertz CT molecular complexity index is 542. The van der Waals surface area contributed by atoms with E-state index in [1.54, 1.807) is 17.4 Å². The maximum absolute atomic E-state index is 13.3. The van der Waals surface area contributed by atoms with Gasteiger partial charge in [0.1, 0.15) is 5.82 Å². The van der Waals surface area contributed by atoms with Gasteiger partial charge in [-0.3, -0.25) is 0 Å². The summed E-state index contributed by atoms with van der Waals surface area (Å²) in [7, 11) is 1.92. The topological polar surface area (TPSA) is 29.3 Å². The number of nitrogens with zero attached hydrogens (tertiary/aromatic N) is 1. The van der Waals surface area contributed by atoms with E-state index < -0.39 is 5.82 Å². The van der Waals surface area contributed by atoms with Crippen molar-refractivity contribution in [3.63, 3.8) is 0 Å². The van der Waals surface area contributed by atoms with Crippen LogP contribution in [-0.4, -0.2) is 7.05 Å². The molecule has 1 atom stereocenters. The molecule has 0 saturated carbocycles. The molecule has 0 radical (unpaired) electrons. The van der Waals surface area contributed by atoms with Gasteiger partial charge in [-0.15, -0.1) is 11.3 Å². The molecule has 96 valence electrons. The molecular weight excluding hydrogens is 271 g/mol. The predicted molar refractivity (Wildman–Crippen MR) is 77.0 cm³/mol. The molecule has 2 aromatic rings. The summed E-state index contributed by atoms with van der Waals surface area (Å²) < 4.78 is 13.3. The van der Waals surface area contributed by atoms with Crippen LogP contribution in [-0.2, 0) is 0 Å². The average molecular weight is 285 g/mol. The first-order valence-electron chi connectivity index (χ1n) is 5.51. The first-order valence-corrected chi connectivity index (χ1v) is 6.77. The standard InChI is InChI=1S/C13H14ClFN2S/c1-8(13-4-3-5-18-13)17(2)12-6-9(14)10(15)7-11(12)16/h3-8H,16H2,1-2H3. The van der Waals surface area contributed by atoms with Crippen LogP contribution in [0.25, 0.3) is 0 Å². The highest BCUT2D eigenvalue weighted by molar-refractivity contribution is 7.10. The zero-order valence-corrected chi connectivity index (χ0v) is 11.7. The van der Waals surface area contributed by atoms with Gasteiger partial charge < -0.3 is 10.6 Å². The number of halogens is 2. The maximum atomic E-state index is 13.3. The van der Waals surface area contributed by atoms with Crippen molar-refractivity contribution in [2.45, 2.75) is 13.0 Å². The van der Waals surface area contributed by atoms with Crippen LogP contribution in [0.1, 0.15) is 17.8 Å². The maximum Gasteiger partial charge on any atom is 0.143 e. The summed E-state index contributed by atoms with van der Waals surface area (Å²) in [4.78, 5) is 3.21. The third-order valence-corrected chi connectivity index (χ3v) is 4.32. The number of benzene rings is 1. The zero-order chi connectivity index (χ0) is 13.3. The van der Waals surface area contributed by atoms with Crippen LogP contribution in [0.15, 0.2) is 29.6 Å². The molecule has 2 nitrogen and oxygen atoms in total. The molecule has 0 saturated heterocycles. The smallest absolute Gasteiger partial charge is 0.143 e. The summed E-state index contributed by atoms with van der Waals surface area (Å²) in [5.41, 5.74) is 6.98. The Kier molecular flexibility index (Phi) is 3.78. The number of anilines is 2.